The Morgan fingerprint density at radius 1 is 1.20 bits per heavy atom. The van der Waals surface area contributed by atoms with Crippen molar-refractivity contribution in [3.63, 3.8) is 0 Å². The number of hydrogen-bond acceptors (Lipinski definition) is 7. The van der Waals surface area contributed by atoms with Crippen molar-refractivity contribution in [1.82, 2.24) is 9.80 Å². The van der Waals surface area contributed by atoms with Gasteiger partial charge in [-0.2, -0.15) is 0 Å². The van der Waals surface area contributed by atoms with Crippen LogP contribution in [0.2, 0.25) is 0 Å². The number of hydrogen-bond donors (Lipinski definition) is 0. The SMILES string of the molecule is CCOc1cc(/C=C2\SC(=O)N(CC(=O)N3CCOCC3)C2=O)cc(I)c1OCC. The molecule has 2 heterocycles. The van der Waals surface area contributed by atoms with Crippen molar-refractivity contribution in [1.29, 1.82) is 0 Å². The first kappa shape index (κ1) is 22.9. The van der Waals surface area contributed by atoms with Crippen molar-refractivity contribution < 1.29 is 28.6 Å². The second kappa shape index (κ2) is 10.5. The van der Waals surface area contributed by atoms with Gasteiger partial charge in [0, 0.05) is 13.1 Å². The maximum absolute atomic E-state index is 12.8. The van der Waals surface area contributed by atoms with Crippen LogP contribution in [0, 0.1) is 3.57 Å². The van der Waals surface area contributed by atoms with Crippen LogP contribution < -0.4 is 9.47 Å². The second-order valence-electron chi connectivity index (χ2n) is 6.46. The van der Waals surface area contributed by atoms with Crippen molar-refractivity contribution in [3.8, 4) is 11.5 Å². The number of carbonyl (C=O) groups excluding carboxylic acids is 3. The standard InChI is InChI=1S/C20H23IN2O6S/c1-3-28-15-10-13(9-14(21)18(15)29-4-2)11-16-19(25)23(20(26)30-16)12-17(24)22-5-7-27-8-6-22/h9-11H,3-8,12H2,1-2H3/b16-11-. The molecule has 162 valence electrons. The third kappa shape index (κ3) is 5.27. The summed E-state index contributed by atoms with van der Waals surface area (Å²) in [6.45, 7) is 6.36. The third-order valence-corrected chi connectivity index (χ3v) is 6.16. The van der Waals surface area contributed by atoms with Crippen molar-refractivity contribution in [2.45, 2.75) is 13.8 Å². The molecule has 0 saturated carbocycles. The Kier molecular flexibility index (Phi) is 8.00. The third-order valence-electron chi connectivity index (χ3n) is 4.45. The van der Waals surface area contributed by atoms with Gasteiger partial charge in [-0.15, -0.1) is 0 Å². The lowest BCUT2D eigenvalue weighted by Crippen LogP contribution is -2.46. The Morgan fingerprint density at radius 3 is 2.57 bits per heavy atom. The van der Waals surface area contributed by atoms with E-state index in [1.807, 2.05) is 19.9 Å². The van der Waals surface area contributed by atoms with Gasteiger partial charge in [0.25, 0.3) is 11.1 Å². The molecule has 2 fully saturated rings. The summed E-state index contributed by atoms with van der Waals surface area (Å²) >= 11 is 2.98. The number of carbonyl (C=O) groups is 3. The van der Waals surface area contributed by atoms with Gasteiger partial charge in [-0.05, 0) is 72.0 Å². The molecule has 0 aliphatic carbocycles. The van der Waals surface area contributed by atoms with E-state index in [4.69, 9.17) is 14.2 Å². The largest absolute Gasteiger partial charge is 0.490 e. The molecule has 2 saturated heterocycles. The van der Waals surface area contributed by atoms with Crippen molar-refractivity contribution in [2.75, 3.05) is 46.1 Å². The van der Waals surface area contributed by atoms with E-state index in [-0.39, 0.29) is 17.4 Å². The number of thioether (sulfide) groups is 1. The molecule has 3 amide bonds. The van der Waals surface area contributed by atoms with Crippen LogP contribution in [0.3, 0.4) is 0 Å². The molecular formula is C20H23IN2O6S. The zero-order chi connectivity index (χ0) is 21.7. The zero-order valence-corrected chi connectivity index (χ0v) is 19.8. The zero-order valence-electron chi connectivity index (χ0n) is 16.8. The number of nitrogens with zero attached hydrogens (tertiary/aromatic N) is 2. The van der Waals surface area contributed by atoms with Crippen molar-refractivity contribution in [2.24, 2.45) is 0 Å². The van der Waals surface area contributed by atoms with E-state index < -0.39 is 11.1 Å². The number of amides is 3. The second-order valence-corrected chi connectivity index (χ2v) is 8.61. The summed E-state index contributed by atoms with van der Waals surface area (Å²) in [5.41, 5.74) is 0.719. The first-order chi connectivity index (χ1) is 14.4. The minimum atomic E-state index is -0.464. The molecule has 0 atom stereocenters. The Labute approximate surface area is 193 Å². The predicted octanol–water partition coefficient (Wildman–Crippen LogP) is 2.98. The Hall–Kier alpha value is -1.79. The molecule has 0 radical (unpaired) electrons. The first-order valence-electron chi connectivity index (χ1n) is 9.64. The molecule has 0 unspecified atom stereocenters. The summed E-state index contributed by atoms with van der Waals surface area (Å²) in [4.78, 5) is 40.4. The molecule has 0 bridgehead atoms. The summed E-state index contributed by atoms with van der Waals surface area (Å²) in [5, 5.41) is -0.446. The van der Waals surface area contributed by atoms with E-state index in [1.54, 1.807) is 17.0 Å². The number of rotatable bonds is 7. The summed E-state index contributed by atoms with van der Waals surface area (Å²) in [6.07, 6.45) is 1.64. The summed E-state index contributed by atoms with van der Waals surface area (Å²) < 4.78 is 17.4. The van der Waals surface area contributed by atoms with Gasteiger partial charge in [-0.1, -0.05) is 0 Å². The summed E-state index contributed by atoms with van der Waals surface area (Å²) in [6, 6.07) is 3.64. The lowest BCUT2D eigenvalue weighted by Gasteiger charge is -2.28. The number of benzene rings is 1. The number of imide groups is 1. The van der Waals surface area contributed by atoms with Crippen LogP contribution in [0.15, 0.2) is 17.0 Å². The molecule has 1 aromatic carbocycles. The molecule has 0 N–H and O–H groups in total. The average Bonchev–Trinajstić information content (AvgIpc) is 2.98. The highest BCUT2D eigenvalue weighted by atomic mass is 127. The van der Waals surface area contributed by atoms with Gasteiger partial charge < -0.3 is 19.1 Å². The molecule has 2 aliphatic heterocycles. The molecule has 2 aliphatic rings. The summed E-state index contributed by atoms with van der Waals surface area (Å²) in [5.74, 6) is 0.519. The smallest absolute Gasteiger partial charge is 0.294 e. The van der Waals surface area contributed by atoms with Crippen molar-refractivity contribution >= 4 is 57.5 Å². The predicted molar refractivity (Wildman–Crippen MR) is 122 cm³/mol. The maximum atomic E-state index is 12.8. The molecule has 0 spiro atoms. The van der Waals surface area contributed by atoms with E-state index in [9.17, 15) is 14.4 Å². The van der Waals surface area contributed by atoms with Gasteiger partial charge >= 0.3 is 0 Å². The molecule has 10 heteroatoms. The molecule has 3 rings (SSSR count). The quantitative estimate of drug-likeness (QED) is 0.384. The lowest BCUT2D eigenvalue weighted by atomic mass is 10.2. The molecule has 0 aromatic heterocycles. The van der Waals surface area contributed by atoms with Gasteiger partial charge in [-0.25, -0.2) is 0 Å². The first-order valence-corrected chi connectivity index (χ1v) is 11.5. The molecule has 30 heavy (non-hydrogen) atoms. The van der Waals surface area contributed by atoms with E-state index >= 15 is 0 Å². The van der Waals surface area contributed by atoms with Gasteiger partial charge in [0.05, 0.1) is 34.9 Å². The van der Waals surface area contributed by atoms with E-state index in [1.165, 1.54) is 0 Å². The number of morpholine rings is 1. The number of ether oxygens (including phenoxy) is 3. The fraction of sp³-hybridized carbons (Fsp3) is 0.450. The van der Waals surface area contributed by atoms with Crippen LogP contribution >= 0.6 is 34.4 Å². The lowest BCUT2D eigenvalue weighted by molar-refractivity contribution is -0.139. The Balaban J connectivity index is 1.78. The van der Waals surface area contributed by atoms with Crippen LogP contribution in [0.1, 0.15) is 19.4 Å². The molecular weight excluding hydrogens is 523 g/mol. The van der Waals surface area contributed by atoms with E-state index in [0.717, 1.165) is 25.8 Å². The highest BCUT2D eigenvalue weighted by Gasteiger charge is 2.37. The molecule has 1 aromatic rings. The van der Waals surface area contributed by atoms with E-state index in [0.29, 0.717) is 51.0 Å². The molecule has 8 nitrogen and oxygen atoms in total. The number of halogens is 1. The van der Waals surface area contributed by atoms with Gasteiger partial charge in [0.2, 0.25) is 5.91 Å². The fourth-order valence-corrected chi connectivity index (χ4v) is 4.67. The minimum absolute atomic E-state index is 0.254. The highest BCUT2D eigenvalue weighted by molar-refractivity contribution is 14.1. The van der Waals surface area contributed by atoms with Crippen LogP contribution in [0.5, 0.6) is 11.5 Å². The van der Waals surface area contributed by atoms with Gasteiger partial charge in [0.1, 0.15) is 6.54 Å². The Bertz CT molecular complexity index is 869. The monoisotopic (exact) mass is 546 g/mol. The van der Waals surface area contributed by atoms with Crippen LogP contribution in [-0.4, -0.2) is 72.9 Å². The van der Waals surface area contributed by atoms with Gasteiger partial charge in [-0.3, -0.25) is 19.3 Å². The Morgan fingerprint density at radius 2 is 1.90 bits per heavy atom. The van der Waals surface area contributed by atoms with Crippen LogP contribution in [-0.2, 0) is 14.3 Å². The highest BCUT2D eigenvalue weighted by Crippen LogP contribution is 2.37. The van der Waals surface area contributed by atoms with E-state index in [2.05, 4.69) is 22.6 Å². The maximum Gasteiger partial charge on any atom is 0.294 e. The van der Waals surface area contributed by atoms with Gasteiger partial charge in [0.15, 0.2) is 11.5 Å². The minimum Gasteiger partial charge on any atom is -0.490 e. The summed E-state index contributed by atoms with van der Waals surface area (Å²) in [7, 11) is 0. The van der Waals surface area contributed by atoms with Crippen LogP contribution in [0.25, 0.3) is 6.08 Å². The normalized spacial score (nSPS) is 18.3. The fourth-order valence-electron chi connectivity index (χ4n) is 3.05. The van der Waals surface area contributed by atoms with Crippen LogP contribution in [0.4, 0.5) is 4.79 Å². The van der Waals surface area contributed by atoms with Crippen molar-refractivity contribution in [3.05, 3.63) is 26.2 Å². The average molecular weight is 546 g/mol. The topological polar surface area (TPSA) is 85.4 Å².